The second kappa shape index (κ2) is 8.98. The van der Waals surface area contributed by atoms with E-state index in [4.69, 9.17) is 4.74 Å². The Bertz CT molecular complexity index is 254. The van der Waals surface area contributed by atoms with Gasteiger partial charge in [-0.25, -0.2) is 0 Å². The molecular formula is C16H33N3O. The van der Waals surface area contributed by atoms with Crippen LogP contribution in [0.15, 0.2) is 0 Å². The van der Waals surface area contributed by atoms with Gasteiger partial charge in [-0.15, -0.1) is 0 Å². The van der Waals surface area contributed by atoms with Crippen LogP contribution in [0.25, 0.3) is 0 Å². The summed E-state index contributed by atoms with van der Waals surface area (Å²) in [4.78, 5) is 5.18. The minimum absolute atomic E-state index is 0.452. The van der Waals surface area contributed by atoms with Crippen LogP contribution in [0.3, 0.4) is 0 Å². The molecule has 0 aliphatic carbocycles. The number of hydrogen-bond donors (Lipinski definition) is 1. The van der Waals surface area contributed by atoms with Crippen molar-refractivity contribution in [3.8, 4) is 0 Å². The molecule has 2 atom stereocenters. The normalized spacial score (nSPS) is 29.1. The molecule has 0 aromatic carbocycles. The third kappa shape index (κ3) is 5.32. The van der Waals surface area contributed by atoms with E-state index in [0.717, 1.165) is 19.6 Å². The van der Waals surface area contributed by atoms with Crippen molar-refractivity contribution >= 4 is 0 Å². The third-order valence-electron chi connectivity index (χ3n) is 4.46. The Labute approximate surface area is 124 Å². The van der Waals surface area contributed by atoms with Crippen molar-refractivity contribution in [1.82, 2.24) is 15.1 Å². The highest BCUT2D eigenvalue weighted by atomic mass is 16.5. The molecule has 0 spiro atoms. The molecule has 118 valence electrons. The van der Waals surface area contributed by atoms with Crippen LogP contribution in [0, 0.1) is 0 Å². The number of nitrogens with one attached hydrogen (secondary N) is 1. The summed E-state index contributed by atoms with van der Waals surface area (Å²) in [6, 6.07) is 0. The van der Waals surface area contributed by atoms with E-state index < -0.39 is 0 Å². The second-order valence-corrected chi connectivity index (χ2v) is 6.30. The van der Waals surface area contributed by atoms with Gasteiger partial charge in [0.2, 0.25) is 0 Å². The van der Waals surface area contributed by atoms with Crippen molar-refractivity contribution in [1.29, 1.82) is 0 Å². The van der Waals surface area contributed by atoms with Crippen molar-refractivity contribution in [2.75, 3.05) is 52.4 Å². The molecular weight excluding hydrogens is 250 g/mol. The van der Waals surface area contributed by atoms with Gasteiger partial charge in [0, 0.05) is 39.3 Å². The summed E-state index contributed by atoms with van der Waals surface area (Å²) >= 11 is 0. The molecule has 2 heterocycles. The van der Waals surface area contributed by atoms with Crippen LogP contribution in [0.4, 0.5) is 0 Å². The molecule has 4 nitrogen and oxygen atoms in total. The summed E-state index contributed by atoms with van der Waals surface area (Å²) < 4.78 is 6.17. The van der Waals surface area contributed by atoms with Crippen LogP contribution < -0.4 is 5.32 Å². The zero-order chi connectivity index (χ0) is 14.2. The highest BCUT2D eigenvalue weighted by Gasteiger charge is 2.27. The number of nitrogens with zero attached hydrogens (tertiary/aromatic N) is 2. The summed E-state index contributed by atoms with van der Waals surface area (Å²) in [6.45, 7) is 14.0. The van der Waals surface area contributed by atoms with Crippen LogP contribution in [0.1, 0.15) is 39.5 Å². The first kappa shape index (κ1) is 16.2. The van der Waals surface area contributed by atoms with E-state index >= 15 is 0 Å². The molecule has 0 aromatic heterocycles. The van der Waals surface area contributed by atoms with Crippen molar-refractivity contribution < 1.29 is 4.74 Å². The fraction of sp³-hybridized carbons (Fsp3) is 1.00. The van der Waals surface area contributed by atoms with E-state index in [9.17, 15) is 0 Å². The summed E-state index contributed by atoms with van der Waals surface area (Å²) in [7, 11) is 0. The van der Waals surface area contributed by atoms with Crippen LogP contribution in [-0.4, -0.2) is 74.4 Å². The number of piperazine rings is 1. The maximum atomic E-state index is 6.17. The zero-order valence-corrected chi connectivity index (χ0v) is 13.4. The molecule has 2 aliphatic rings. The van der Waals surface area contributed by atoms with E-state index in [2.05, 4.69) is 29.0 Å². The Morgan fingerprint density at radius 3 is 2.35 bits per heavy atom. The Balaban J connectivity index is 1.58. The van der Waals surface area contributed by atoms with Gasteiger partial charge in [-0.05, 0) is 38.8 Å². The van der Waals surface area contributed by atoms with Gasteiger partial charge in [-0.2, -0.15) is 0 Å². The molecule has 1 N–H and O–H groups in total. The first-order valence-corrected chi connectivity index (χ1v) is 8.62. The number of hydrogen-bond acceptors (Lipinski definition) is 4. The maximum Gasteiger partial charge on any atom is 0.0707 e. The highest BCUT2D eigenvalue weighted by molar-refractivity contribution is 4.80. The molecule has 2 unspecified atom stereocenters. The minimum Gasteiger partial charge on any atom is -0.372 e. The van der Waals surface area contributed by atoms with Gasteiger partial charge in [0.15, 0.2) is 0 Å². The van der Waals surface area contributed by atoms with Gasteiger partial charge in [-0.1, -0.05) is 13.8 Å². The molecule has 4 heteroatoms. The lowest BCUT2D eigenvalue weighted by molar-refractivity contribution is 0.0128. The van der Waals surface area contributed by atoms with E-state index in [-0.39, 0.29) is 0 Å². The average molecular weight is 283 g/mol. The van der Waals surface area contributed by atoms with Crippen molar-refractivity contribution in [3.63, 3.8) is 0 Å². The number of ether oxygens (including phenoxy) is 1. The SMILES string of the molecule is CCCNCC1CCC(CN2CCN(CCC)CC2)O1. The van der Waals surface area contributed by atoms with E-state index in [1.165, 1.54) is 58.4 Å². The maximum absolute atomic E-state index is 6.17. The third-order valence-corrected chi connectivity index (χ3v) is 4.46. The predicted octanol–water partition coefficient (Wildman–Crippen LogP) is 1.56. The van der Waals surface area contributed by atoms with Gasteiger partial charge in [0.25, 0.3) is 0 Å². The first-order chi connectivity index (χ1) is 9.81. The largest absolute Gasteiger partial charge is 0.372 e. The quantitative estimate of drug-likeness (QED) is 0.684. The van der Waals surface area contributed by atoms with E-state index in [1.807, 2.05) is 0 Å². The molecule has 20 heavy (non-hydrogen) atoms. The Kier molecular flexibility index (Phi) is 7.28. The molecule has 2 fully saturated rings. The lowest BCUT2D eigenvalue weighted by atomic mass is 10.1. The van der Waals surface area contributed by atoms with Gasteiger partial charge in [0.1, 0.15) is 0 Å². The highest BCUT2D eigenvalue weighted by Crippen LogP contribution is 2.20. The fourth-order valence-corrected chi connectivity index (χ4v) is 3.30. The second-order valence-electron chi connectivity index (χ2n) is 6.30. The molecule has 0 bridgehead atoms. The van der Waals surface area contributed by atoms with Crippen LogP contribution >= 0.6 is 0 Å². The van der Waals surface area contributed by atoms with E-state index in [1.54, 1.807) is 0 Å². The summed E-state index contributed by atoms with van der Waals surface area (Å²) in [6.07, 6.45) is 5.88. The van der Waals surface area contributed by atoms with Crippen molar-refractivity contribution in [2.24, 2.45) is 0 Å². The first-order valence-electron chi connectivity index (χ1n) is 8.62. The van der Waals surface area contributed by atoms with Gasteiger partial charge in [-0.3, -0.25) is 4.90 Å². The van der Waals surface area contributed by atoms with Crippen LogP contribution in [0.5, 0.6) is 0 Å². The van der Waals surface area contributed by atoms with E-state index in [0.29, 0.717) is 12.2 Å². The average Bonchev–Trinajstić information content (AvgIpc) is 2.89. The molecule has 0 aromatic rings. The fourth-order valence-electron chi connectivity index (χ4n) is 3.30. The Morgan fingerprint density at radius 1 is 0.950 bits per heavy atom. The molecule has 2 saturated heterocycles. The monoisotopic (exact) mass is 283 g/mol. The predicted molar refractivity (Wildman–Crippen MR) is 84.2 cm³/mol. The lowest BCUT2D eigenvalue weighted by Crippen LogP contribution is -2.48. The zero-order valence-electron chi connectivity index (χ0n) is 13.4. The standard InChI is InChI=1S/C16H33N3O/c1-3-7-17-13-15-5-6-16(20-15)14-19-11-9-18(8-4-2)10-12-19/h15-17H,3-14H2,1-2H3. The lowest BCUT2D eigenvalue weighted by Gasteiger charge is -2.35. The molecule has 2 rings (SSSR count). The molecule has 0 radical (unpaired) electrons. The molecule has 0 amide bonds. The van der Waals surface area contributed by atoms with Gasteiger partial charge < -0.3 is 15.0 Å². The smallest absolute Gasteiger partial charge is 0.0707 e. The Morgan fingerprint density at radius 2 is 1.65 bits per heavy atom. The van der Waals surface area contributed by atoms with Crippen molar-refractivity contribution in [2.45, 2.75) is 51.7 Å². The summed E-state index contributed by atoms with van der Waals surface area (Å²) in [5.41, 5.74) is 0. The van der Waals surface area contributed by atoms with Gasteiger partial charge >= 0.3 is 0 Å². The number of rotatable bonds is 8. The van der Waals surface area contributed by atoms with Crippen molar-refractivity contribution in [3.05, 3.63) is 0 Å². The van der Waals surface area contributed by atoms with Crippen LogP contribution in [-0.2, 0) is 4.74 Å². The Hall–Kier alpha value is -0.160. The molecule has 0 saturated carbocycles. The summed E-state index contributed by atoms with van der Waals surface area (Å²) in [5, 5.41) is 3.48. The topological polar surface area (TPSA) is 27.7 Å². The van der Waals surface area contributed by atoms with Gasteiger partial charge in [0.05, 0.1) is 12.2 Å². The summed E-state index contributed by atoms with van der Waals surface area (Å²) in [5.74, 6) is 0. The minimum atomic E-state index is 0.452. The molecule has 2 aliphatic heterocycles. The van der Waals surface area contributed by atoms with Crippen LogP contribution in [0.2, 0.25) is 0 Å².